The van der Waals surface area contributed by atoms with Crippen molar-refractivity contribution in [2.45, 2.75) is 77.1 Å². The van der Waals surface area contributed by atoms with E-state index in [2.05, 4.69) is 6.92 Å². The maximum Gasteiger partial charge on any atom is 0.391 e. The fourth-order valence-electron chi connectivity index (χ4n) is 2.51. The summed E-state index contributed by atoms with van der Waals surface area (Å²) in [6.07, 6.45) is -3.18. The van der Waals surface area contributed by atoms with E-state index in [1.165, 1.54) is 0 Å². The summed E-state index contributed by atoms with van der Waals surface area (Å²) in [4.78, 5) is 12.3. The molecule has 0 saturated carbocycles. The predicted molar refractivity (Wildman–Crippen MR) is 92.2 cm³/mol. The average molecular weight is 359 g/mol. The number of carbonyl (C=O) groups excluding carboxylic acids is 1. The Labute approximate surface area is 147 Å². The zero-order valence-electron chi connectivity index (χ0n) is 15.4. The molecule has 1 aromatic carbocycles. The molecule has 1 aromatic rings. The minimum Gasteiger partial charge on any atom is -0.459 e. The van der Waals surface area contributed by atoms with Crippen molar-refractivity contribution < 1.29 is 22.7 Å². The van der Waals surface area contributed by atoms with Crippen molar-refractivity contribution in [3.05, 3.63) is 35.4 Å². The lowest BCUT2D eigenvalue weighted by atomic mass is 9.87. The molecule has 0 aliphatic carbocycles. The standard InChI is InChI=1S/C19H28F3NO2/c1-5-6-7-14-8-10-15(11-9-14)12-18(23,13-19(20,21)22)16(24)25-17(2,3)4/h8-11H,5-7,12-13,23H2,1-4H3/t18-/m0/s1. The lowest BCUT2D eigenvalue weighted by molar-refractivity contribution is -0.179. The number of carbonyl (C=O) groups is 1. The van der Waals surface area contributed by atoms with E-state index in [0.717, 1.165) is 24.8 Å². The van der Waals surface area contributed by atoms with Gasteiger partial charge >= 0.3 is 12.1 Å². The van der Waals surface area contributed by atoms with Gasteiger partial charge in [-0.25, -0.2) is 0 Å². The van der Waals surface area contributed by atoms with Crippen LogP contribution in [0.4, 0.5) is 13.2 Å². The molecule has 142 valence electrons. The fourth-order valence-corrected chi connectivity index (χ4v) is 2.51. The van der Waals surface area contributed by atoms with Crippen LogP contribution in [0, 0.1) is 0 Å². The van der Waals surface area contributed by atoms with Gasteiger partial charge in [0.15, 0.2) is 0 Å². The SMILES string of the molecule is CCCCc1ccc(C[C@](N)(CC(F)(F)F)C(=O)OC(C)(C)C)cc1. The summed E-state index contributed by atoms with van der Waals surface area (Å²) in [6.45, 7) is 6.89. The molecule has 0 aliphatic rings. The molecule has 3 nitrogen and oxygen atoms in total. The van der Waals surface area contributed by atoms with Gasteiger partial charge in [0, 0.05) is 6.42 Å². The van der Waals surface area contributed by atoms with Crippen molar-refractivity contribution in [2.24, 2.45) is 5.73 Å². The van der Waals surface area contributed by atoms with Gasteiger partial charge in [-0.1, -0.05) is 37.6 Å². The van der Waals surface area contributed by atoms with Crippen molar-refractivity contribution in [1.82, 2.24) is 0 Å². The second-order valence-electron chi connectivity index (χ2n) is 7.55. The van der Waals surface area contributed by atoms with Crippen molar-refractivity contribution in [3.63, 3.8) is 0 Å². The molecule has 0 heterocycles. The predicted octanol–water partition coefficient (Wildman–Crippen LogP) is 4.56. The van der Waals surface area contributed by atoms with Crippen LogP contribution in [-0.2, 0) is 22.4 Å². The minimum atomic E-state index is -4.56. The molecular formula is C19H28F3NO2. The first-order chi connectivity index (χ1) is 11.3. The highest BCUT2D eigenvalue weighted by Gasteiger charge is 2.47. The smallest absolute Gasteiger partial charge is 0.391 e. The molecule has 1 atom stereocenters. The normalized spacial score (nSPS) is 14.9. The van der Waals surface area contributed by atoms with E-state index >= 15 is 0 Å². The Bertz CT molecular complexity index is 562. The highest BCUT2D eigenvalue weighted by atomic mass is 19.4. The van der Waals surface area contributed by atoms with E-state index in [1.54, 1.807) is 32.9 Å². The quantitative estimate of drug-likeness (QED) is 0.726. The van der Waals surface area contributed by atoms with Crippen LogP contribution in [0.1, 0.15) is 58.1 Å². The summed E-state index contributed by atoms with van der Waals surface area (Å²) in [7, 11) is 0. The zero-order chi connectivity index (χ0) is 19.3. The van der Waals surface area contributed by atoms with Crippen LogP contribution < -0.4 is 5.73 Å². The number of rotatable bonds is 7. The molecular weight excluding hydrogens is 331 g/mol. The summed E-state index contributed by atoms with van der Waals surface area (Å²) in [5.41, 5.74) is 4.54. The lowest BCUT2D eigenvalue weighted by Crippen LogP contribution is -2.55. The van der Waals surface area contributed by atoms with Gasteiger partial charge < -0.3 is 10.5 Å². The Kier molecular flexibility index (Phi) is 7.06. The molecule has 1 rings (SSSR count). The number of ether oxygens (including phenoxy) is 1. The van der Waals surface area contributed by atoms with Gasteiger partial charge in [0.1, 0.15) is 11.1 Å². The monoisotopic (exact) mass is 359 g/mol. The van der Waals surface area contributed by atoms with Crippen molar-refractivity contribution >= 4 is 5.97 Å². The van der Waals surface area contributed by atoms with Crippen LogP contribution in [-0.4, -0.2) is 23.3 Å². The Morgan fingerprint density at radius 1 is 1.08 bits per heavy atom. The number of halogens is 3. The number of alkyl halides is 3. The number of unbranched alkanes of at least 4 members (excludes halogenated alkanes) is 1. The van der Waals surface area contributed by atoms with Crippen LogP contribution in [0.25, 0.3) is 0 Å². The molecule has 0 unspecified atom stereocenters. The van der Waals surface area contributed by atoms with E-state index in [0.29, 0.717) is 5.56 Å². The third-order valence-corrected chi connectivity index (χ3v) is 3.68. The van der Waals surface area contributed by atoms with Gasteiger partial charge in [0.25, 0.3) is 0 Å². The largest absolute Gasteiger partial charge is 0.459 e. The summed E-state index contributed by atoms with van der Waals surface area (Å²) in [5, 5.41) is 0. The zero-order valence-corrected chi connectivity index (χ0v) is 15.4. The van der Waals surface area contributed by atoms with E-state index in [9.17, 15) is 18.0 Å². The number of benzene rings is 1. The van der Waals surface area contributed by atoms with Crippen LogP contribution in [0.2, 0.25) is 0 Å². The number of hydrogen-bond acceptors (Lipinski definition) is 3. The van der Waals surface area contributed by atoms with Crippen LogP contribution in [0.3, 0.4) is 0 Å². The first-order valence-electron chi connectivity index (χ1n) is 8.51. The Morgan fingerprint density at radius 3 is 2.04 bits per heavy atom. The molecule has 0 bridgehead atoms. The van der Waals surface area contributed by atoms with Gasteiger partial charge in [-0.3, -0.25) is 4.79 Å². The lowest BCUT2D eigenvalue weighted by Gasteiger charge is -2.32. The second-order valence-corrected chi connectivity index (χ2v) is 7.55. The van der Waals surface area contributed by atoms with Crippen LogP contribution in [0.15, 0.2) is 24.3 Å². The molecule has 6 heteroatoms. The maximum absolute atomic E-state index is 13.0. The van der Waals surface area contributed by atoms with Crippen LogP contribution in [0.5, 0.6) is 0 Å². The number of nitrogens with two attached hydrogens (primary N) is 1. The number of esters is 1. The highest BCUT2D eigenvalue weighted by molar-refractivity contribution is 5.81. The molecule has 0 fully saturated rings. The summed E-state index contributed by atoms with van der Waals surface area (Å²) in [6, 6.07) is 7.20. The molecule has 25 heavy (non-hydrogen) atoms. The van der Waals surface area contributed by atoms with Crippen LogP contribution >= 0.6 is 0 Å². The summed E-state index contributed by atoms with van der Waals surface area (Å²) < 4.78 is 44.0. The molecule has 0 aromatic heterocycles. The molecule has 0 saturated heterocycles. The molecule has 2 N–H and O–H groups in total. The first kappa shape index (κ1) is 21.5. The summed E-state index contributed by atoms with van der Waals surface area (Å²) >= 11 is 0. The fraction of sp³-hybridized carbons (Fsp3) is 0.632. The topological polar surface area (TPSA) is 52.3 Å². The molecule has 0 aliphatic heterocycles. The average Bonchev–Trinajstić information content (AvgIpc) is 2.42. The van der Waals surface area contributed by atoms with Crippen molar-refractivity contribution in [3.8, 4) is 0 Å². The van der Waals surface area contributed by atoms with Gasteiger partial charge in [0.05, 0.1) is 6.42 Å². The molecule has 0 amide bonds. The first-order valence-corrected chi connectivity index (χ1v) is 8.51. The van der Waals surface area contributed by atoms with E-state index in [4.69, 9.17) is 10.5 Å². The van der Waals surface area contributed by atoms with Gasteiger partial charge in [-0.2, -0.15) is 13.2 Å². The van der Waals surface area contributed by atoms with Crippen molar-refractivity contribution in [1.29, 1.82) is 0 Å². The maximum atomic E-state index is 13.0. The Balaban J connectivity index is 2.98. The van der Waals surface area contributed by atoms with E-state index in [-0.39, 0.29) is 6.42 Å². The van der Waals surface area contributed by atoms with Gasteiger partial charge in [-0.05, 0) is 44.7 Å². The third-order valence-electron chi connectivity index (χ3n) is 3.68. The molecule has 0 spiro atoms. The minimum absolute atomic E-state index is 0.227. The second kappa shape index (κ2) is 8.21. The number of aryl methyl sites for hydroxylation is 1. The van der Waals surface area contributed by atoms with E-state index < -0.39 is 29.7 Å². The van der Waals surface area contributed by atoms with Crippen molar-refractivity contribution in [2.75, 3.05) is 0 Å². The Morgan fingerprint density at radius 2 is 1.60 bits per heavy atom. The summed E-state index contributed by atoms with van der Waals surface area (Å²) in [5.74, 6) is -1.03. The number of hydrogen-bond donors (Lipinski definition) is 1. The third kappa shape index (κ3) is 7.90. The highest BCUT2D eigenvalue weighted by Crippen LogP contribution is 2.30. The van der Waals surface area contributed by atoms with Gasteiger partial charge in [0.2, 0.25) is 0 Å². The van der Waals surface area contributed by atoms with E-state index in [1.807, 2.05) is 12.1 Å². The molecule has 0 radical (unpaired) electrons. The van der Waals surface area contributed by atoms with Gasteiger partial charge in [-0.15, -0.1) is 0 Å². The Hall–Kier alpha value is -1.56.